The highest BCUT2D eigenvalue weighted by Crippen LogP contribution is 2.26. The van der Waals surface area contributed by atoms with E-state index in [-0.39, 0.29) is 0 Å². The molecule has 0 saturated heterocycles. The van der Waals surface area contributed by atoms with E-state index in [0.717, 1.165) is 21.5 Å². The quantitative estimate of drug-likeness (QED) is 0.603. The molecule has 0 aliphatic rings. The maximum Gasteiger partial charge on any atom is 0.248 e. The number of para-hydroxylation sites is 1. The molecule has 4 rings (SSSR count). The third-order valence-electron chi connectivity index (χ3n) is 3.37. The van der Waals surface area contributed by atoms with E-state index in [1.165, 1.54) is 11.3 Å². The third-order valence-corrected chi connectivity index (χ3v) is 4.38. The first-order valence-electron chi connectivity index (χ1n) is 7.11. The largest absolute Gasteiger partial charge is 0.368 e. The van der Waals surface area contributed by atoms with Crippen LogP contribution in [0.15, 0.2) is 48.5 Å². The van der Waals surface area contributed by atoms with Gasteiger partial charge in [0.25, 0.3) is 0 Å². The van der Waals surface area contributed by atoms with Gasteiger partial charge >= 0.3 is 0 Å². The Balaban J connectivity index is 1.69. The molecule has 7 heteroatoms. The Kier molecular flexibility index (Phi) is 3.20. The van der Waals surface area contributed by atoms with E-state index in [1.807, 2.05) is 55.5 Å². The van der Waals surface area contributed by atoms with Crippen molar-refractivity contribution >= 4 is 39.1 Å². The number of nitrogen functional groups attached to an aromatic ring is 1. The summed E-state index contributed by atoms with van der Waals surface area (Å²) in [5, 5.41) is 8.28. The predicted molar refractivity (Wildman–Crippen MR) is 93.4 cm³/mol. The first kappa shape index (κ1) is 13.7. The van der Waals surface area contributed by atoms with Crippen molar-refractivity contribution in [2.45, 2.75) is 6.92 Å². The number of hydrogen-bond acceptors (Lipinski definition) is 6. The van der Waals surface area contributed by atoms with E-state index >= 15 is 0 Å². The van der Waals surface area contributed by atoms with Gasteiger partial charge in [-0.3, -0.25) is 0 Å². The van der Waals surface area contributed by atoms with Gasteiger partial charge in [0.15, 0.2) is 0 Å². The molecule has 3 N–H and O–H groups in total. The number of hydrogen-bond donors (Lipinski definition) is 2. The standard InChI is InChI=1S/C16H14N6S/c1-10-5-4-6-11(9-10)18-15-20-14(17)22(21-15)16-19-12-7-2-3-8-13(12)23-16/h2-9H,1H3,(H3,17,18,20,21). The fourth-order valence-corrected chi connectivity index (χ4v) is 3.25. The molecule has 2 aromatic heterocycles. The molecule has 0 aliphatic heterocycles. The zero-order valence-electron chi connectivity index (χ0n) is 12.4. The van der Waals surface area contributed by atoms with Gasteiger partial charge in [-0.1, -0.05) is 35.6 Å². The van der Waals surface area contributed by atoms with Gasteiger partial charge in [-0.15, -0.1) is 5.10 Å². The Hall–Kier alpha value is -2.93. The highest BCUT2D eigenvalue weighted by molar-refractivity contribution is 7.20. The number of benzene rings is 2. The smallest absolute Gasteiger partial charge is 0.248 e. The van der Waals surface area contributed by atoms with E-state index in [1.54, 1.807) is 4.68 Å². The van der Waals surface area contributed by atoms with E-state index in [0.29, 0.717) is 17.0 Å². The van der Waals surface area contributed by atoms with Gasteiger partial charge < -0.3 is 11.1 Å². The molecule has 2 heterocycles. The zero-order valence-corrected chi connectivity index (χ0v) is 13.2. The van der Waals surface area contributed by atoms with Gasteiger partial charge in [0, 0.05) is 5.69 Å². The van der Waals surface area contributed by atoms with Gasteiger partial charge in [-0.05, 0) is 36.8 Å². The van der Waals surface area contributed by atoms with Crippen LogP contribution < -0.4 is 11.1 Å². The number of nitrogens with zero attached hydrogens (tertiary/aromatic N) is 4. The summed E-state index contributed by atoms with van der Waals surface area (Å²) in [5.41, 5.74) is 9.00. The molecule has 114 valence electrons. The maximum absolute atomic E-state index is 5.99. The lowest BCUT2D eigenvalue weighted by Gasteiger charge is -2.01. The van der Waals surface area contributed by atoms with Crippen LogP contribution in [0.5, 0.6) is 0 Å². The van der Waals surface area contributed by atoms with Crippen LogP contribution in [-0.4, -0.2) is 19.7 Å². The molecule has 0 fully saturated rings. The number of anilines is 3. The molecule has 0 unspecified atom stereocenters. The summed E-state index contributed by atoms with van der Waals surface area (Å²) in [6.07, 6.45) is 0. The molecule has 4 aromatic rings. The predicted octanol–water partition coefficient (Wildman–Crippen LogP) is 3.51. The van der Waals surface area contributed by atoms with Crippen molar-refractivity contribution in [3.8, 4) is 5.13 Å². The lowest BCUT2D eigenvalue weighted by atomic mass is 10.2. The first-order valence-corrected chi connectivity index (χ1v) is 7.93. The molecule has 0 radical (unpaired) electrons. The topological polar surface area (TPSA) is 81.6 Å². The highest BCUT2D eigenvalue weighted by atomic mass is 32.1. The number of nitrogens with one attached hydrogen (secondary N) is 1. The number of aromatic nitrogens is 4. The lowest BCUT2D eigenvalue weighted by Crippen LogP contribution is -2.01. The average Bonchev–Trinajstić information content (AvgIpc) is 3.10. The van der Waals surface area contributed by atoms with Gasteiger partial charge in [-0.2, -0.15) is 9.67 Å². The second-order valence-electron chi connectivity index (χ2n) is 5.16. The van der Waals surface area contributed by atoms with Crippen molar-refractivity contribution in [1.82, 2.24) is 19.7 Å². The SMILES string of the molecule is Cc1cccc(Nc2nc(N)n(-c3nc4ccccc4s3)n2)c1. The Morgan fingerprint density at radius 3 is 2.78 bits per heavy atom. The summed E-state index contributed by atoms with van der Waals surface area (Å²) < 4.78 is 2.65. The molecule has 6 nitrogen and oxygen atoms in total. The summed E-state index contributed by atoms with van der Waals surface area (Å²) in [6.45, 7) is 2.03. The van der Waals surface area contributed by atoms with Crippen LogP contribution in [0.25, 0.3) is 15.3 Å². The van der Waals surface area contributed by atoms with Crippen LogP contribution in [0.1, 0.15) is 5.56 Å². The Morgan fingerprint density at radius 1 is 1.09 bits per heavy atom. The molecule has 0 amide bonds. The average molecular weight is 322 g/mol. The van der Waals surface area contributed by atoms with Gasteiger partial charge in [0.2, 0.25) is 17.0 Å². The van der Waals surface area contributed by atoms with Crippen molar-refractivity contribution in [1.29, 1.82) is 0 Å². The molecule has 0 saturated carbocycles. The molecule has 0 spiro atoms. The number of aryl methyl sites for hydroxylation is 1. The van der Waals surface area contributed by atoms with E-state index < -0.39 is 0 Å². The fourth-order valence-electron chi connectivity index (χ4n) is 2.32. The molecule has 2 aromatic carbocycles. The van der Waals surface area contributed by atoms with Crippen molar-refractivity contribution in [3.05, 3.63) is 54.1 Å². The third kappa shape index (κ3) is 2.62. The number of nitrogens with two attached hydrogens (primary N) is 1. The highest BCUT2D eigenvalue weighted by Gasteiger charge is 2.13. The molecule has 0 aliphatic carbocycles. The summed E-state index contributed by atoms with van der Waals surface area (Å²) >= 11 is 1.53. The normalized spacial score (nSPS) is 11.0. The van der Waals surface area contributed by atoms with Crippen molar-refractivity contribution in [3.63, 3.8) is 0 Å². The zero-order chi connectivity index (χ0) is 15.8. The molecule has 0 atom stereocenters. The van der Waals surface area contributed by atoms with Crippen LogP contribution in [0.3, 0.4) is 0 Å². The first-order chi connectivity index (χ1) is 11.2. The van der Waals surface area contributed by atoms with Crippen molar-refractivity contribution < 1.29 is 0 Å². The minimum Gasteiger partial charge on any atom is -0.368 e. The number of rotatable bonds is 3. The number of thiazole rings is 1. The summed E-state index contributed by atoms with van der Waals surface area (Å²) in [4.78, 5) is 8.82. The van der Waals surface area contributed by atoms with Crippen LogP contribution in [0, 0.1) is 6.92 Å². The number of fused-ring (bicyclic) bond motifs is 1. The molecular formula is C16H14N6S. The van der Waals surface area contributed by atoms with Gasteiger partial charge in [-0.25, -0.2) is 4.98 Å². The minimum atomic E-state index is 0.305. The van der Waals surface area contributed by atoms with Gasteiger partial charge in [0.05, 0.1) is 10.2 Å². The summed E-state index contributed by atoms with van der Waals surface area (Å²) in [6, 6.07) is 15.9. The second kappa shape index (κ2) is 5.36. The Bertz CT molecular complexity index is 954. The minimum absolute atomic E-state index is 0.305. The van der Waals surface area contributed by atoms with E-state index in [9.17, 15) is 0 Å². The van der Waals surface area contributed by atoms with Crippen LogP contribution >= 0.6 is 11.3 Å². The molecule has 0 bridgehead atoms. The lowest BCUT2D eigenvalue weighted by molar-refractivity contribution is 0.886. The Morgan fingerprint density at radius 2 is 1.96 bits per heavy atom. The fraction of sp³-hybridized carbons (Fsp3) is 0.0625. The second-order valence-corrected chi connectivity index (χ2v) is 6.17. The molecule has 23 heavy (non-hydrogen) atoms. The summed E-state index contributed by atoms with van der Waals surface area (Å²) in [5.74, 6) is 0.756. The molecular weight excluding hydrogens is 308 g/mol. The van der Waals surface area contributed by atoms with Crippen LogP contribution in [-0.2, 0) is 0 Å². The van der Waals surface area contributed by atoms with Crippen molar-refractivity contribution in [2.75, 3.05) is 11.1 Å². The van der Waals surface area contributed by atoms with Gasteiger partial charge in [0.1, 0.15) is 0 Å². The summed E-state index contributed by atoms with van der Waals surface area (Å²) in [7, 11) is 0. The monoisotopic (exact) mass is 322 g/mol. The van der Waals surface area contributed by atoms with Crippen LogP contribution in [0.2, 0.25) is 0 Å². The van der Waals surface area contributed by atoms with Crippen molar-refractivity contribution in [2.24, 2.45) is 0 Å². The van der Waals surface area contributed by atoms with Crippen LogP contribution in [0.4, 0.5) is 17.6 Å². The van der Waals surface area contributed by atoms with E-state index in [4.69, 9.17) is 5.73 Å². The van der Waals surface area contributed by atoms with E-state index in [2.05, 4.69) is 20.4 Å². The maximum atomic E-state index is 5.99. The Labute approximate surface area is 136 Å².